The van der Waals surface area contributed by atoms with Crippen molar-refractivity contribution in [1.29, 1.82) is 0 Å². The second-order valence-corrected chi connectivity index (χ2v) is 4.87. The molecule has 0 radical (unpaired) electrons. The minimum atomic E-state index is 0.490. The average molecular weight is 255 g/mol. The number of nitrogens with one attached hydrogen (secondary N) is 3. The zero-order valence-corrected chi connectivity index (χ0v) is 12.3. The Morgan fingerprint density at radius 2 is 2.11 bits per heavy atom. The van der Waals surface area contributed by atoms with Gasteiger partial charge in [0.25, 0.3) is 0 Å². The molecule has 0 heterocycles. The fraction of sp³-hybridized carbons (Fsp3) is 0.857. The molecule has 1 rings (SSSR count). The van der Waals surface area contributed by atoms with Crippen molar-refractivity contribution in [2.75, 3.05) is 20.7 Å². The van der Waals surface area contributed by atoms with Crippen LogP contribution in [-0.2, 0) is 4.84 Å². The van der Waals surface area contributed by atoms with Gasteiger partial charge in [-0.2, -0.15) is 0 Å². The standard InChI is InChI=1S/C14H29N3O/c1-5-11(15-3)10-12-13(16-4)8-7-9-14(12)17-18-6-2/h11,13,15-17H,5-10H2,1-4H3. The summed E-state index contributed by atoms with van der Waals surface area (Å²) < 4.78 is 0. The van der Waals surface area contributed by atoms with E-state index in [1.165, 1.54) is 24.1 Å². The molecule has 3 N–H and O–H groups in total. The van der Waals surface area contributed by atoms with E-state index in [2.05, 4.69) is 30.1 Å². The molecule has 0 saturated heterocycles. The molecule has 0 bridgehead atoms. The van der Waals surface area contributed by atoms with E-state index in [9.17, 15) is 0 Å². The predicted octanol–water partition coefficient (Wildman–Crippen LogP) is 1.94. The third-order valence-corrected chi connectivity index (χ3v) is 3.78. The van der Waals surface area contributed by atoms with Crippen LogP contribution in [0.15, 0.2) is 11.3 Å². The van der Waals surface area contributed by atoms with Crippen LogP contribution >= 0.6 is 0 Å². The molecule has 0 aromatic carbocycles. The molecule has 0 amide bonds. The molecule has 4 heteroatoms. The summed E-state index contributed by atoms with van der Waals surface area (Å²) in [7, 11) is 4.09. The maximum absolute atomic E-state index is 5.39. The van der Waals surface area contributed by atoms with Gasteiger partial charge in [0.05, 0.1) is 6.61 Å². The van der Waals surface area contributed by atoms with Gasteiger partial charge in [-0.15, -0.1) is 0 Å². The van der Waals surface area contributed by atoms with E-state index >= 15 is 0 Å². The van der Waals surface area contributed by atoms with Gasteiger partial charge in [0, 0.05) is 17.8 Å². The van der Waals surface area contributed by atoms with Crippen molar-refractivity contribution < 1.29 is 4.84 Å². The van der Waals surface area contributed by atoms with E-state index in [0.29, 0.717) is 18.7 Å². The molecule has 18 heavy (non-hydrogen) atoms. The van der Waals surface area contributed by atoms with Crippen molar-refractivity contribution in [1.82, 2.24) is 16.1 Å². The summed E-state index contributed by atoms with van der Waals surface area (Å²) in [6, 6.07) is 1.04. The number of hydroxylamine groups is 1. The number of allylic oxidation sites excluding steroid dienone is 1. The Hall–Kier alpha value is -0.580. The summed E-state index contributed by atoms with van der Waals surface area (Å²) in [5.41, 5.74) is 5.92. The Balaban J connectivity index is 2.79. The molecule has 0 fully saturated rings. The molecule has 0 spiro atoms. The zero-order valence-electron chi connectivity index (χ0n) is 12.3. The first kappa shape index (κ1) is 15.5. The fourth-order valence-electron chi connectivity index (χ4n) is 2.60. The lowest BCUT2D eigenvalue weighted by molar-refractivity contribution is 0.0679. The van der Waals surface area contributed by atoms with Crippen LogP contribution in [0.1, 0.15) is 46.0 Å². The van der Waals surface area contributed by atoms with Gasteiger partial charge in [-0.1, -0.05) is 6.92 Å². The molecular formula is C14H29N3O. The van der Waals surface area contributed by atoms with Crippen LogP contribution in [0.25, 0.3) is 0 Å². The highest BCUT2D eigenvalue weighted by molar-refractivity contribution is 5.22. The maximum Gasteiger partial charge on any atom is 0.0717 e. The lowest BCUT2D eigenvalue weighted by atomic mass is 9.87. The van der Waals surface area contributed by atoms with Gasteiger partial charge in [-0.25, -0.2) is 0 Å². The number of hydrogen-bond donors (Lipinski definition) is 3. The van der Waals surface area contributed by atoms with E-state index in [4.69, 9.17) is 4.84 Å². The first-order valence-corrected chi connectivity index (χ1v) is 7.20. The summed E-state index contributed by atoms with van der Waals surface area (Å²) in [4.78, 5) is 5.39. The Kier molecular flexibility index (Phi) is 7.32. The van der Waals surface area contributed by atoms with Crippen LogP contribution < -0.4 is 16.1 Å². The maximum atomic E-state index is 5.39. The van der Waals surface area contributed by atoms with Crippen LogP contribution in [0.4, 0.5) is 0 Å². The molecular weight excluding hydrogens is 226 g/mol. The van der Waals surface area contributed by atoms with Crippen LogP contribution in [0.2, 0.25) is 0 Å². The van der Waals surface area contributed by atoms with E-state index in [0.717, 1.165) is 19.3 Å². The van der Waals surface area contributed by atoms with Gasteiger partial charge in [0.15, 0.2) is 0 Å². The van der Waals surface area contributed by atoms with Gasteiger partial charge in [0.2, 0.25) is 0 Å². The van der Waals surface area contributed by atoms with Gasteiger partial charge >= 0.3 is 0 Å². The molecule has 1 aliphatic carbocycles. The van der Waals surface area contributed by atoms with Crippen molar-refractivity contribution >= 4 is 0 Å². The van der Waals surface area contributed by atoms with Crippen LogP contribution in [0, 0.1) is 0 Å². The normalized spacial score (nSPS) is 22.1. The third kappa shape index (κ3) is 4.26. The van der Waals surface area contributed by atoms with Gasteiger partial charge in [-0.05, 0) is 58.7 Å². The zero-order chi connectivity index (χ0) is 13.4. The predicted molar refractivity (Wildman–Crippen MR) is 76.2 cm³/mol. The summed E-state index contributed by atoms with van der Waals surface area (Å²) in [6.45, 7) is 4.94. The van der Waals surface area contributed by atoms with Gasteiger partial charge in [0.1, 0.15) is 0 Å². The van der Waals surface area contributed by atoms with Crippen LogP contribution in [-0.4, -0.2) is 32.8 Å². The molecule has 0 aromatic heterocycles. The first-order chi connectivity index (χ1) is 8.76. The molecule has 4 nitrogen and oxygen atoms in total. The molecule has 106 valence electrons. The highest BCUT2D eigenvalue weighted by Crippen LogP contribution is 2.27. The van der Waals surface area contributed by atoms with Gasteiger partial charge < -0.3 is 10.6 Å². The number of hydrogen-bond acceptors (Lipinski definition) is 4. The largest absolute Gasteiger partial charge is 0.317 e. The summed E-state index contributed by atoms with van der Waals surface area (Å²) >= 11 is 0. The molecule has 1 aliphatic rings. The minimum absolute atomic E-state index is 0.490. The second kappa shape index (κ2) is 8.51. The monoisotopic (exact) mass is 255 g/mol. The van der Waals surface area contributed by atoms with Crippen LogP contribution in [0.5, 0.6) is 0 Å². The Labute approximate surface area is 112 Å². The van der Waals surface area contributed by atoms with Crippen molar-refractivity contribution in [3.8, 4) is 0 Å². The average Bonchev–Trinajstić information content (AvgIpc) is 2.42. The molecule has 2 unspecified atom stereocenters. The van der Waals surface area contributed by atoms with E-state index in [-0.39, 0.29) is 0 Å². The fourth-order valence-corrected chi connectivity index (χ4v) is 2.60. The first-order valence-electron chi connectivity index (χ1n) is 7.20. The van der Waals surface area contributed by atoms with Crippen molar-refractivity contribution in [2.24, 2.45) is 0 Å². The second-order valence-electron chi connectivity index (χ2n) is 4.87. The van der Waals surface area contributed by atoms with Crippen molar-refractivity contribution in [3.63, 3.8) is 0 Å². The lowest BCUT2D eigenvalue weighted by Crippen LogP contribution is -2.37. The van der Waals surface area contributed by atoms with Crippen molar-refractivity contribution in [2.45, 2.75) is 58.0 Å². The molecule has 0 aromatic rings. The number of likely N-dealkylation sites (N-methyl/N-ethyl adjacent to an activating group) is 1. The Morgan fingerprint density at radius 3 is 2.67 bits per heavy atom. The quantitative estimate of drug-likeness (QED) is 0.580. The number of rotatable bonds is 8. The molecule has 0 aliphatic heterocycles. The lowest BCUT2D eigenvalue weighted by Gasteiger charge is -2.31. The summed E-state index contributed by atoms with van der Waals surface area (Å²) in [5.74, 6) is 0. The van der Waals surface area contributed by atoms with Crippen molar-refractivity contribution in [3.05, 3.63) is 11.3 Å². The highest BCUT2D eigenvalue weighted by atomic mass is 16.6. The SMILES string of the molecule is CCONC1=C(CC(CC)NC)C(NC)CCC1. The van der Waals surface area contributed by atoms with E-state index in [1.54, 1.807) is 0 Å². The van der Waals surface area contributed by atoms with Crippen LogP contribution in [0.3, 0.4) is 0 Å². The summed E-state index contributed by atoms with van der Waals surface area (Å²) in [5, 5.41) is 6.82. The summed E-state index contributed by atoms with van der Waals surface area (Å²) in [6.07, 6.45) is 5.80. The Morgan fingerprint density at radius 1 is 1.33 bits per heavy atom. The van der Waals surface area contributed by atoms with Gasteiger partial charge in [-0.3, -0.25) is 10.3 Å². The molecule has 0 saturated carbocycles. The minimum Gasteiger partial charge on any atom is -0.317 e. The highest BCUT2D eigenvalue weighted by Gasteiger charge is 2.23. The third-order valence-electron chi connectivity index (χ3n) is 3.78. The molecule has 2 atom stereocenters. The van der Waals surface area contributed by atoms with E-state index in [1.807, 2.05) is 14.0 Å². The smallest absolute Gasteiger partial charge is 0.0717 e. The van der Waals surface area contributed by atoms with E-state index < -0.39 is 0 Å². The topological polar surface area (TPSA) is 45.3 Å². The Bertz CT molecular complexity index is 262.